The van der Waals surface area contributed by atoms with E-state index in [4.69, 9.17) is 9.47 Å². The fourth-order valence-corrected chi connectivity index (χ4v) is 1.83. The molecule has 0 saturated heterocycles. The molecule has 114 valence electrons. The number of hydrogen-bond donors (Lipinski definition) is 2. The Morgan fingerprint density at radius 3 is 2.65 bits per heavy atom. The molecule has 20 heavy (non-hydrogen) atoms. The number of nitrogens with one attached hydrogen (secondary N) is 1. The Bertz CT molecular complexity index is 399. The van der Waals surface area contributed by atoms with Gasteiger partial charge in [0.1, 0.15) is 0 Å². The van der Waals surface area contributed by atoms with Gasteiger partial charge in [0.05, 0.1) is 19.3 Å². The van der Waals surface area contributed by atoms with Gasteiger partial charge in [0.2, 0.25) is 0 Å². The summed E-state index contributed by atoms with van der Waals surface area (Å²) in [7, 11) is 1.64. The van der Waals surface area contributed by atoms with Crippen LogP contribution in [0, 0.1) is 0 Å². The molecule has 1 aromatic carbocycles. The molecule has 0 heterocycles. The Balaban J connectivity index is 2.73. The van der Waals surface area contributed by atoms with Crippen LogP contribution in [0.1, 0.15) is 39.2 Å². The Morgan fingerprint density at radius 1 is 1.30 bits per heavy atom. The van der Waals surface area contributed by atoms with Crippen LogP contribution in [0.4, 0.5) is 0 Å². The van der Waals surface area contributed by atoms with Crippen LogP contribution in [0.5, 0.6) is 11.5 Å². The molecule has 0 radical (unpaired) electrons. The van der Waals surface area contributed by atoms with Crippen LogP contribution in [-0.4, -0.2) is 31.0 Å². The summed E-state index contributed by atoms with van der Waals surface area (Å²) < 4.78 is 11.2. The Morgan fingerprint density at radius 2 is 2.05 bits per heavy atom. The number of aliphatic hydroxyl groups is 1. The standard InChI is InChI=1S/C16H27NO3/c1-5-10-17-12-13-7-6-8-14(19-4)15(13)20-11-9-16(2,3)18/h6-8,17-18H,5,9-12H2,1-4H3. The summed E-state index contributed by atoms with van der Waals surface area (Å²) in [6.07, 6.45) is 1.67. The molecule has 0 spiro atoms. The summed E-state index contributed by atoms with van der Waals surface area (Å²) in [5, 5.41) is 13.1. The maximum atomic E-state index is 9.74. The van der Waals surface area contributed by atoms with Gasteiger partial charge in [0.25, 0.3) is 0 Å². The van der Waals surface area contributed by atoms with Gasteiger partial charge in [-0.15, -0.1) is 0 Å². The van der Waals surface area contributed by atoms with E-state index in [0.29, 0.717) is 13.0 Å². The van der Waals surface area contributed by atoms with Crippen molar-refractivity contribution in [3.8, 4) is 11.5 Å². The third-order valence-corrected chi connectivity index (χ3v) is 2.98. The van der Waals surface area contributed by atoms with Crippen LogP contribution >= 0.6 is 0 Å². The van der Waals surface area contributed by atoms with Crippen LogP contribution in [0.3, 0.4) is 0 Å². The molecule has 1 aromatic rings. The predicted octanol–water partition coefficient (Wildman–Crippen LogP) is 2.73. The van der Waals surface area contributed by atoms with Crippen molar-refractivity contribution in [3.63, 3.8) is 0 Å². The van der Waals surface area contributed by atoms with Crippen LogP contribution in [-0.2, 0) is 6.54 Å². The van der Waals surface area contributed by atoms with E-state index < -0.39 is 5.60 Å². The van der Waals surface area contributed by atoms with E-state index in [1.54, 1.807) is 21.0 Å². The summed E-state index contributed by atoms with van der Waals surface area (Å²) in [4.78, 5) is 0. The van der Waals surface area contributed by atoms with Gasteiger partial charge in [-0.1, -0.05) is 19.1 Å². The van der Waals surface area contributed by atoms with Gasteiger partial charge in [0.15, 0.2) is 11.5 Å². The summed E-state index contributed by atoms with van der Waals surface area (Å²) in [5.74, 6) is 1.50. The first-order chi connectivity index (χ1) is 9.48. The van der Waals surface area contributed by atoms with Crippen LogP contribution in [0.15, 0.2) is 18.2 Å². The van der Waals surface area contributed by atoms with Gasteiger partial charge >= 0.3 is 0 Å². The zero-order valence-electron chi connectivity index (χ0n) is 13.0. The highest BCUT2D eigenvalue weighted by Crippen LogP contribution is 2.31. The molecule has 0 saturated carbocycles. The molecule has 0 atom stereocenters. The molecule has 0 fully saturated rings. The molecule has 4 heteroatoms. The summed E-state index contributed by atoms with van der Waals surface area (Å²) >= 11 is 0. The summed E-state index contributed by atoms with van der Waals surface area (Å²) in [5.41, 5.74) is 0.358. The molecule has 4 nitrogen and oxygen atoms in total. The van der Waals surface area contributed by atoms with Crippen LogP contribution < -0.4 is 14.8 Å². The molecule has 1 rings (SSSR count). The summed E-state index contributed by atoms with van der Waals surface area (Å²) in [6.45, 7) is 7.89. The average molecular weight is 281 g/mol. The van der Waals surface area contributed by atoms with E-state index in [0.717, 1.165) is 36.6 Å². The molecular formula is C16H27NO3. The van der Waals surface area contributed by atoms with Crippen molar-refractivity contribution in [2.45, 2.75) is 45.8 Å². The minimum absolute atomic E-state index is 0.463. The van der Waals surface area contributed by atoms with Gasteiger partial charge in [0, 0.05) is 18.5 Å². The van der Waals surface area contributed by atoms with Crippen LogP contribution in [0.2, 0.25) is 0 Å². The maximum absolute atomic E-state index is 9.74. The molecule has 2 N–H and O–H groups in total. The minimum Gasteiger partial charge on any atom is -0.493 e. The zero-order chi connectivity index (χ0) is 15.0. The average Bonchev–Trinajstić information content (AvgIpc) is 2.39. The lowest BCUT2D eigenvalue weighted by atomic mass is 10.1. The highest BCUT2D eigenvalue weighted by molar-refractivity contribution is 5.46. The lowest BCUT2D eigenvalue weighted by Crippen LogP contribution is -2.22. The molecule has 0 aromatic heterocycles. The fourth-order valence-electron chi connectivity index (χ4n) is 1.83. The molecule has 0 amide bonds. The van der Waals surface area contributed by atoms with Crippen molar-refractivity contribution in [1.82, 2.24) is 5.32 Å². The number of hydrogen-bond acceptors (Lipinski definition) is 4. The predicted molar refractivity (Wildman–Crippen MR) is 81.4 cm³/mol. The summed E-state index contributed by atoms with van der Waals surface area (Å²) in [6, 6.07) is 5.89. The number of ether oxygens (including phenoxy) is 2. The van der Waals surface area contributed by atoms with Gasteiger partial charge < -0.3 is 19.9 Å². The SMILES string of the molecule is CCCNCc1cccc(OC)c1OCCC(C)(C)O. The number of benzene rings is 1. The minimum atomic E-state index is -0.720. The van der Waals surface area contributed by atoms with E-state index >= 15 is 0 Å². The lowest BCUT2D eigenvalue weighted by molar-refractivity contribution is 0.0547. The van der Waals surface area contributed by atoms with Gasteiger partial charge in [-0.25, -0.2) is 0 Å². The highest BCUT2D eigenvalue weighted by atomic mass is 16.5. The van der Waals surface area contributed by atoms with Crippen LogP contribution in [0.25, 0.3) is 0 Å². The van der Waals surface area contributed by atoms with E-state index in [2.05, 4.69) is 12.2 Å². The largest absolute Gasteiger partial charge is 0.493 e. The Hall–Kier alpha value is -1.26. The Labute approximate surface area is 122 Å². The third-order valence-electron chi connectivity index (χ3n) is 2.98. The van der Waals surface area contributed by atoms with Crippen molar-refractivity contribution in [1.29, 1.82) is 0 Å². The second kappa shape index (κ2) is 8.12. The van der Waals surface area contributed by atoms with E-state index in [-0.39, 0.29) is 0 Å². The quantitative estimate of drug-likeness (QED) is 0.683. The number of rotatable bonds is 9. The van der Waals surface area contributed by atoms with Crippen molar-refractivity contribution in [2.24, 2.45) is 0 Å². The van der Waals surface area contributed by atoms with E-state index in [1.807, 2.05) is 18.2 Å². The van der Waals surface area contributed by atoms with Crippen molar-refractivity contribution in [3.05, 3.63) is 23.8 Å². The van der Waals surface area contributed by atoms with Crippen molar-refractivity contribution < 1.29 is 14.6 Å². The smallest absolute Gasteiger partial charge is 0.165 e. The highest BCUT2D eigenvalue weighted by Gasteiger charge is 2.15. The van der Waals surface area contributed by atoms with Crippen molar-refractivity contribution >= 4 is 0 Å². The number of para-hydroxylation sites is 1. The molecule has 0 bridgehead atoms. The second-order valence-corrected chi connectivity index (χ2v) is 5.54. The van der Waals surface area contributed by atoms with E-state index in [1.165, 1.54) is 0 Å². The first kappa shape index (κ1) is 16.8. The third kappa shape index (κ3) is 5.80. The molecule has 0 aliphatic heterocycles. The molecule has 0 aliphatic rings. The van der Waals surface area contributed by atoms with Gasteiger partial charge in [-0.3, -0.25) is 0 Å². The fraction of sp³-hybridized carbons (Fsp3) is 0.625. The monoisotopic (exact) mass is 281 g/mol. The lowest BCUT2D eigenvalue weighted by Gasteiger charge is -2.19. The van der Waals surface area contributed by atoms with Gasteiger partial charge in [-0.05, 0) is 32.9 Å². The first-order valence-electron chi connectivity index (χ1n) is 7.19. The first-order valence-corrected chi connectivity index (χ1v) is 7.19. The topological polar surface area (TPSA) is 50.7 Å². The second-order valence-electron chi connectivity index (χ2n) is 5.54. The van der Waals surface area contributed by atoms with Crippen molar-refractivity contribution in [2.75, 3.05) is 20.3 Å². The molecular weight excluding hydrogens is 254 g/mol. The number of methoxy groups -OCH3 is 1. The normalized spacial score (nSPS) is 11.4. The van der Waals surface area contributed by atoms with Gasteiger partial charge in [-0.2, -0.15) is 0 Å². The maximum Gasteiger partial charge on any atom is 0.165 e. The molecule has 0 aliphatic carbocycles. The Kier molecular flexibility index (Phi) is 6.82. The van der Waals surface area contributed by atoms with E-state index in [9.17, 15) is 5.11 Å². The molecule has 0 unspecified atom stereocenters. The zero-order valence-corrected chi connectivity index (χ0v) is 13.0.